The molecular weight excluding hydrogens is 314 g/mol. The Labute approximate surface area is 120 Å². The average molecular weight is 329 g/mol. The van der Waals surface area contributed by atoms with Gasteiger partial charge in [0.2, 0.25) is 0 Å². The molecule has 0 amide bonds. The van der Waals surface area contributed by atoms with Gasteiger partial charge in [-0.2, -0.15) is 5.10 Å². The molecule has 0 aliphatic rings. The minimum Gasteiger partial charge on any atom is -0.378 e. The molecule has 0 bridgehead atoms. The molecule has 0 aliphatic carbocycles. The van der Waals surface area contributed by atoms with Gasteiger partial charge in [0.05, 0.1) is 17.3 Å². The minimum absolute atomic E-state index is 0.207. The Morgan fingerprint density at radius 3 is 2.89 bits per heavy atom. The Hall–Kier alpha value is -1.00. The summed E-state index contributed by atoms with van der Waals surface area (Å²) in [5.74, 6) is 0. The summed E-state index contributed by atoms with van der Waals surface area (Å²) in [5, 5.41) is 8.41. The molecule has 0 aliphatic heterocycles. The van der Waals surface area contributed by atoms with Crippen molar-refractivity contribution in [2.24, 2.45) is 0 Å². The zero-order valence-electron chi connectivity index (χ0n) is 10.3. The van der Waals surface area contributed by atoms with E-state index < -0.39 is 0 Å². The van der Waals surface area contributed by atoms with Crippen LogP contribution in [0.1, 0.15) is 25.5 Å². The number of anilines is 1. The summed E-state index contributed by atoms with van der Waals surface area (Å²) in [6.07, 6.45) is 3.95. The van der Waals surface area contributed by atoms with Gasteiger partial charge in [-0.1, -0.05) is 11.6 Å². The molecular formula is C13H15BrClN3. The molecule has 0 saturated carbocycles. The van der Waals surface area contributed by atoms with Gasteiger partial charge in [0.1, 0.15) is 0 Å². The van der Waals surface area contributed by atoms with Crippen molar-refractivity contribution in [3.63, 3.8) is 0 Å². The molecule has 2 aromatic rings. The Bertz CT molecular complexity index is 539. The third-order valence-electron chi connectivity index (χ3n) is 2.78. The largest absolute Gasteiger partial charge is 0.378 e. The number of nitrogens with zero attached hydrogens (tertiary/aromatic N) is 2. The van der Waals surface area contributed by atoms with E-state index in [9.17, 15) is 0 Å². The Kier molecular flexibility index (Phi) is 4.30. The molecule has 1 N–H and O–H groups in total. The van der Waals surface area contributed by atoms with Crippen molar-refractivity contribution < 1.29 is 0 Å². The van der Waals surface area contributed by atoms with Crippen LogP contribution >= 0.6 is 27.5 Å². The highest BCUT2D eigenvalue weighted by Crippen LogP contribution is 2.27. The third-order valence-corrected chi connectivity index (χ3v) is 3.99. The van der Waals surface area contributed by atoms with Crippen LogP contribution in [0.4, 0.5) is 5.69 Å². The van der Waals surface area contributed by atoms with Gasteiger partial charge in [0.15, 0.2) is 0 Å². The molecule has 1 unspecified atom stereocenters. The Balaban J connectivity index is 2.10. The first-order valence-corrected chi connectivity index (χ1v) is 7.01. The second-order valence-corrected chi connectivity index (χ2v) is 5.39. The van der Waals surface area contributed by atoms with E-state index in [0.717, 1.165) is 16.7 Å². The quantitative estimate of drug-likeness (QED) is 0.896. The van der Waals surface area contributed by atoms with Crippen molar-refractivity contribution in [2.75, 3.05) is 5.32 Å². The molecule has 0 radical (unpaired) electrons. The summed E-state index contributed by atoms with van der Waals surface area (Å²) in [6, 6.07) is 6.02. The monoisotopic (exact) mass is 327 g/mol. The van der Waals surface area contributed by atoms with E-state index in [0.29, 0.717) is 5.02 Å². The number of aromatic nitrogens is 2. The van der Waals surface area contributed by atoms with Gasteiger partial charge in [0, 0.05) is 28.5 Å². The smallest absolute Gasteiger partial charge is 0.0549 e. The average Bonchev–Trinajstić information content (AvgIpc) is 2.82. The van der Waals surface area contributed by atoms with Crippen molar-refractivity contribution in [2.45, 2.75) is 26.4 Å². The van der Waals surface area contributed by atoms with Crippen LogP contribution in [0.3, 0.4) is 0 Å². The summed E-state index contributed by atoms with van der Waals surface area (Å²) >= 11 is 9.39. The van der Waals surface area contributed by atoms with Gasteiger partial charge in [-0.3, -0.25) is 4.68 Å². The van der Waals surface area contributed by atoms with E-state index in [4.69, 9.17) is 11.6 Å². The first kappa shape index (κ1) is 13.4. The molecule has 5 heteroatoms. The lowest BCUT2D eigenvalue weighted by Gasteiger charge is -2.14. The predicted octanol–water partition coefficient (Wildman–Crippen LogP) is 4.49. The number of hydrogen-bond donors (Lipinski definition) is 1. The van der Waals surface area contributed by atoms with E-state index in [2.05, 4.69) is 46.4 Å². The van der Waals surface area contributed by atoms with E-state index in [1.165, 1.54) is 5.56 Å². The van der Waals surface area contributed by atoms with E-state index >= 15 is 0 Å². The van der Waals surface area contributed by atoms with Crippen molar-refractivity contribution >= 4 is 33.2 Å². The summed E-state index contributed by atoms with van der Waals surface area (Å²) in [6.45, 7) is 5.07. The fraction of sp³-hybridized carbons (Fsp3) is 0.308. The van der Waals surface area contributed by atoms with Crippen LogP contribution in [0.5, 0.6) is 0 Å². The molecule has 96 valence electrons. The summed E-state index contributed by atoms with van der Waals surface area (Å²) in [7, 11) is 0. The van der Waals surface area contributed by atoms with Crippen LogP contribution in [0.15, 0.2) is 35.1 Å². The van der Waals surface area contributed by atoms with Crippen molar-refractivity contribution in [1.82, 2.24) is 9.78 Å². The predicted molar refractivity (Wildman–Crippen MR) is 79.1 cm³/mol. The second kappa shape index (κ2) is 5.76. The van der Waals surface area contributed by atoms with Crippen LogP contribution in [0.2, 0.25) is 5.02 Å². The molecule has 18 heavy (non-hydrogen) atoms. The lowest BCUT2D eigenvalue weighted by molar-refractivity contribution is 0.658. The second-order valence-electron chi connectivity index (χ2n) is 4.12. The topological polar surface area (TPSA) is 29.9 Å². The van der Waals surface area contributed by atoms with Crippen LogP contribution < -0.4 is 5.32 Å². The molecule has 1 aromatic heterocycles. The molecule has 2 rings (SSSR count). The first-order chi connectivity index (χ1) is 8.60. The number of rotatable bonds is 4. The number of nitrogens with one attached hydrogen (secondary N) is 1. The van der Waals surface area contributed by atoms with Gasteiger partial charge < -0.3 is 5.32 Å². The van der Waals surface area contributed by atoms with E-state index in [1.807, 2.05) is 29.1 Å². The molecule has 1 heterocycles. The van der Waals surface area contributed by atoms with Crippen molar-refractivity contribution in [3.8, 4) is 0 Å². The highest BCUT2D eigenvalue weighted by atomic mass is 79.9. The van der Waals surface area contributed by atoms with Crippen LogP contribution in [0.25, 0.3) is 0 Å². The van der Waals surface area contributed by atoms with E-state index in [1.54, 1.807) is 0 Å². The Morgan fingerprint density at radius 1 is 1.50 bits per heavy atom. The van der Waals surface area contributed by atoms with Crippen molar-refractivity contribution in [1.29, 1.82) is 0 Å². The molecule has 0 fully saturated rings. The SMILES string of the molecule is CCn1cc(C(C)Nc2ccc(Cl)c(Br)c2)cn1. The number of hydrogen-bond acceptors (Lipinski definition) is 2. The molecule has 0 saturated heterocycles. The minimum atomic E-state index is 0.207. The summed E-state index contributed by atoms with van der Waals surface area (Å²) in [5.41, 5.74) is 2.20. The lowest BCUT2D eigenvalue weighted by Crippen LogP contribution is -2.05. The summed E-state index contributed by atoms with van der Waals surface area (Å²) < 4.78 is 2.82. The highest BCUT2D eigenvalue weighted by Gasteiger charge is 2.08. The van der Waals surface area contributed by atoms with Gasteiger partial charge in [0.25, 0.3) is 0 Å². The molecule has 3 nitrogen and oxygen atoms in total. The maximum Gasteiger partial charge on any atom is 0.0549 e. The third kappa shape index (κ3) is 3.06. The van der Waals surface area contributed by atoms with Crippen LogP contribution in [-0.4, -0.2) is 9.78 Å². The van der Waals surface area contributed by atoms with Crippen molar-refractivity contribution in [3.05, 3.63) is 45.7 Å². The number of halogens is 2. The fourth-order valence-corrected chi connectivity index (χ4v) is 2.19. The zero-order chi connectivity index (χ0) is 13.1. The number of aryl methyl sites for hydroxylation is 1. The van der Waals surface area contributed by atoms with Gasteiger partial charge in [-0.05, 0) is 48.0 Å². The maximum atomic E-state index is 5.97. The van der Waals surface area contributed by atoms with Gasteiger partial charge in [-0.25, -0.2) is 0 Å². The van der Waals surface area contributed by atoms with Crippen LogP contribution in [-0.2, 0) is 6.54 Å². The fourth-order valence-electron chi connectivity index (χ4n) is 1.70. The molecule has 0 spiro atoms. The molecule has 1 aromatic carbocycles. The number of benzene rings is 1. The van der Waals surface area contributed by atoms with Gasteiger partial charge >= 0.3 is 0 Å². The standard InChI is InChI=1S/C13H15BrClN3/c1-3-18-8-10(7-16-18)9(2)17-11-4-5-13(15)12(14)6-11/h4-9,17H,3H2,1-2H3. The Morgan fingerprint density at radius 2 is 2.28 bits per heavy atom. The first-order valence-electron chi connectivity index (χ1n) is 5.84. The van der Waals surface area contributed by atoms with E-state index in [-0.39, 0.29) is 6.04 Å². The highest BCUT2D eigenvalue weighted by molar-refractivity contribution is 9.10. The molecule has 1 atom stereocenters. The zero-order valence-corrected chi connectivity index (χ0v) is 12.7. The normalized spacial score (nSPS) is 12.4. The maximum absolute atomic E-state index is 5.97. The summed E-state index contributed by atoms with van der Waals surface area (Å²) in [4.78, 5) is 0. The lowest BCUT2D eigenvalue weighted by atomic mass is 10.2. The van der Waals surface area contributed by atoms with Gasteiger partial charge in [-0.15, -0.1) is 0 Å². The van der Waals surface area contributed by atoms with Crippen LogP contribution in [0, 0.1) is 0 Å².